The second-order valence-electron chi connectivity index (χ2n) is 12.5. The van der Waals surface area contributed by atoms with Crippen molar-refractivity contribution < 1.29 is 0 Å². The van der Waals surface area contributed by atoms with Crippen LogP contribution in [0.5, 0.6) is 0 Å². The Morgan fingerprint density at radius 3 is 1.78 bits per heavy atom. The summed E-state index contributed by atoms with van der Waals surface area (Å²) in [4.78, 5) is 4.52. The molecule has 2 nitrogen and oxygen atoms in total. The van der Waals surface area contributed by atoms with E-state index in [1.165, 1.54) is 118 Å². The Hall–Kier alpha value is -2.87. The zero-order valence-electron chi connectivity index (χ0n) is 26.7. The number of rotatable bonds is 17. The van der Waals surface area contributed by atoms with Gasteiger partial charge in [0.15, 0.2) is 0 Å². The van der Waals surface area contributed by atoms with E-state index in [2.05, 4.69) is 93.3 Å². The van der Waals surface area contributed by atoms with Crippen LogP contribution in [0.1, 0.15) is 126 Å². The quantitative estimate of drug-likeness (QED) is 0.131. The van der Waals surface area contributed by atoms with Crippen LogP contribution in [-0.4, -0.2) is 13.8 Å². The molecule has 0 heterocycles. The third-order valence-electron chi connectivity index (χ3n) is 9.54. The van der Waals surface area contributed by atoms with Crippen molar-refractivity contribution in [2.24, 2.45) is 4.99 Å². The molecule has 1 aliphatic carbocycles. The van der Waals surface area contributed by atoms with Gasteiger partial charge in [0.05, 0.1) is 11.4 Å². The molecule has 0 radical (unpaired) electrons. The van der Waals surface area contributed by atoms with Gasteiger partial charge >= 0.3 is 0 Å². The maximum absolute atomic E-state index is 4.52. The molecule has 0 saturated carbocycles. The van der Waals surface area contributed by atoms with Gasteiger partial charge in [-0.3, -0.25) is 4.99 Å². The molecule has 1 N–H and O–H groups in total. The highest BCUT2D eigenvalue weighted by atomic mass is 14.9. The van der Waals surface area contributed by atoms with E-state index in [0.29, 0.717) is 0 Å². The Kier molecular flexibility index (Phi) is 11.3. The van der Waals surface area contributed by atoms with Gasteiger partial charge in [0.2, 0.25) is 0 Å². The average molecular weight is 551 g/mol. The highest BCUT2D eigenvalue weighted by Crippen LogP contribution is 2.55. The van der Waals surface area contributed by atoms with Crippen molar-refractivity contribution >= 4 is 18.1 Å². The minimum absolute atomic E-state index is 0.0838. The molecule has 0 unspecified atom stereocenters. The number of aliphatic imine (C=N–C) groups is 1. The molecule has 1 aliphatic rings. The van der Waals surface area contributed by atoms with Crippen LogP contribution in [-0.2, 0) is 5.41 Å². The van der Waals surface area contributed by atoms with Crippen LogP contribution in [0.3, 0.4) is 0 Å². The molecule has 3 aromatic rings. The van der Waals surface area contributed by atoms with Crippen LogP contribution in [0.4, 0.5) is 11.4 Å². The highest BCUT2D eigenvalue weighted by molar-refractivity contribution is 5.90. The van der Waals surface area contributed by atoms with Crippen LogP contribution in [0.15, 0.2) is 53.5 Å². The van der Waals surface area contributed by atoms with Crippen molar-refractivity contribution in [3.05, 3.63) is 70.8 Å². The molecule has 2 heteroatoms. The van der Waals surface area contributed by atoms with Crippen LogP contribution < -0.4 is 5.32 Å². The highest BCUT2D eigenvalue weighted by Gasteiger charge is 2.42. The monoisotopic (exact) mass is 550 g/mol. The first-order valence-corrected chi connectivity index (χ1v) is 16.5. The number of nitrogens with zero attached hydrogens (tertiary/aromatic N) is 1. The van der Waals surface area contributed by atoms with E-state index in [4.69, 9.17) is 0 Å². The van der Waals surface area contributed by atoms with Crippen molar-refractivity contribution in [1.82, 2.24) is 0 Å². The summed E-state index contributed by atoms with van der Waals surface area (Å²) in [5, 5.41) is 3.38. The van der Waals surface area contributed by atoms with Gasteiger partial charge < -0.3 is 5.32 Å². The van der Waals surface area contributed by atoms with E-state index >= 15 is 0 Å². The Bertz CT molecular complexity index is 1290. The molecule has 220 valence electrons. The summed E-state index contributed by atoms with van der Waals surface area (Å²) in [5.74, 6) is 0. The SMILES string of the molecule is C=Nc1c(-c2ccc3c(c2)C(CCCCCCCC)(CCCCCCCC)c2cc(C)ccc2-3)ccc(C)c1NC. The predicted molar refractivity (Wildman–Crippen MR) is 182 cm³/mol. The normalized spacial score (nSPS) is 13.2. The number of unbranched alkanes of at least 4 members (excludes halogenated alkanes) is 10. The maximum Gasteiger partial charge on any atom is 0.0934 e. The summed E-state index contributed by atoms with van der Waals surface area (Å²) in [5.41, 5.74) is 13.1. The van der Waals surface area contributed by atoms with E-state index in [9.17, 15) is 0 Å². The Balaban J connectivity index is 1.78. The van der Waals surface area contributed by atoms with Gasteiger partial charge in [-0.15, -0.1) is 0 Å². The Morgan fingerprint density at radius 1 is 0.659 bits per heavy atom. The van der Waals surface area contributed by atoms with Crippen LogP contribution in [0.2, 0.25) is 0 Å². The molecule has 0 aromatic heterocycles. The zero-order chi connectivity index (χ0) is 29.2. The van der Waals surface area contributed by atoms with E-state index in [1.54, 1.807) is 11.1 Å². The molecule has 41 heavy (non-hydrogen) atoms. The van der Waals surface area contributed by atoms with Crippen molar-refractivity contribution in [3.8, 4) is 22.3 Å². The van der Waals surface area contributed by atoms with Crippen molar-refractivity contribution in [2.75, 3.05) is 12.4 Å². The molecule has 4 rings (SSSR count). The fourth-order valence-electron chi connectivity index (χ4n) is 7.26. The first-order chi connectivity index (χ1) is 20.0. The van der Waals surface area contributed by atoms with Gasteiger partial charge in [-0.1, -0.05) is 139 Å². The molecule has 0 amide bonds. The summed E-state index contributed by atoms with van der Waals surface area (Å²) in [6.07, 6.45) is 18.5. The number of hydrogen-bond acceptors (Lipinski definition) is 2. The zero-order valence-corrected chi connectivity index (χ0v) is 26.7. The summed E-state index contributed by atoms with van der Waals surface area (Å²) in [6, 6.07) is 18.9. The number of aryl methyl sites for hydroxylation is 2. The van der Waals surface area contributed by atoms with Crippen LogP contribution in [0, 0.1) is 13.8 Å². The Labute approximate surface area is 251 Å². The van der Waals surface area contributed by atoms with Crippen LogP contribution >= 0.6 is 0 Å². The largest absolute Gasteiger partial charge is 0.386 e. The minimum atomic E-state index is 0.0838. The van der Waals surface area contributed by atoms with Crippen LogP contribution in [0.25, 0.3) is 22.3 Å². The van der Waals surface area contributed by atoms with E-state index in [-0.39, 0.29) is 5.41 Å². The molecule has 0 spiro atoms. The maximum atomic E-state index is 4.52. The molecule has 3 aromatic carbocycles. The van der Waals surface area contributed by atoms with Crippen molar-refractivity contribution in [1.29, 1.82) is 0 Å². The van der Waals surface area contributed by atoms with Crippen molar-refractivity contribution in [3.63, 3.8) is 0 Å². The fraction of sp³-hybridized carbons (Fsp3) is 0.513. The summed E-state index contributed by atoms with van der Waals surface area (Å²) < 4.78 is 0. The third kappa shape index (κ3) is 6.79. The number of benzene rings is 3. The van der Waals surface area contributed by atoms with Gasteiger partial charge in [0.25, 0.3) is 0 Å². The van der Waals surface area contributed by atoms with Gasteiger partial charge in [-0.25, -0.2) is 0 Å². The Morgan fingerprint density at radius 2 is 1.20 bits per heavy atom. The number of fused-ring (bicyclic) bond motifs is 3. The lowest BCUT2D eigenvalue weighted by atomic mass is 9.70. The summed E-state index contributed by atoms with van der Waals surface area (Å²) in [6.45, 7) is 13.0. The lowest BCUT2D eigenvalue weighted by Crippen LogP contribution is -2.25. The molecule has 0 saturated heterocycles. The van der Waals surface area contributed by atoms with Gasteiger partial charge in [-0.05, 0) is 72.9 Å². The van der Waals surface area contributed by atoms with E-state index in [0.717, 1.165) is 16.9 Å². The first-order valence-electron chi connectivity index (χ1n) is 16.5. The standard InChI is InChI=1S/C39H54N2/c1-7-9-11-13-15-17-25-39(26-18-16-14-12-10-8-2)35-27-29(3)19-22-33(35)34-24-21-31(28-36(34)39)32-23-20-30(4)37(40-5)38(32)41-6/h19-24,27-28,40H,6-18,25-26H2,1-5H3. The van der Waals surface area contributed by atoms with E-state index < -0.39 is 0 Å². The third-order valence-corrected chi connectivity index (χ3v) is 9.54. The molecule has 0 atom stereocenters. The first kappa shape index (κ1) is 31.1. The van der Waals surface area contributed by atoms with Gasteiger partial charge in [-0.2, -0.15) is 0 Å². The minimum Gasteiger partial charge on any atom is -0.386 e. The lowest BCUT2D eigenvalue weighted by molar-refractivity contribution is 0.398. The van der Waals surface area contributed by atoms with E-state index in [1.807, 2.05) is 7.05 Å². The molecule has 0 bridgehead atoms. The molecule has 0 aliphatic heterocycles. The molecular formula is C39H54N2. The number of anilines is 1. The second kappa shape index (κ2) is 14.9. The molecule has 0 fully saturated rings. The summed E-state index contributed by atoms with van der Waals surface area (Å²) in [7, 11) is 1.98. The number of hydrogen-bond donors (Lipinski definition) is 1. The van der Waals surface area contributed by atoms with Crippen molar-refractivity contribution in [2.45, 2.75) is 123 Å². The fourth-order valence-corrected chi connectivity index (χ4v) is 7.26. The number of nitrogens with one attached hydrogen (secondary N) is 1. The van der Waals surface area contributed by atoms with Gasteiger partial charge in [0, 0.05) is 18.0 Å². The van der Waals surface area contributed by atoms with Gasteiger partial charge in [0.1, 0.15) is 0 Å². The predicted octanol–water partition coefficient (Wildman–Crippen LogP) is 12.1. The average Bonchev–Trinajstić information content (AvgIpc) is 3.24. The summed E-state index contributed by atoms with van der Waals surface area (Å²) >= 11 is 0. The second-order valence-corrected chi connectivity index (χ2v) is 12.5. The topological polar surface area (TPSA) is 24.4 Å². The molecular weight excluding hydrogens is 496 g/mol. The lowest BCUT2D eigenvalue weighted by Gasteiger charge is -2.33. The smallest absolute Gasteiger partial charge is 0.0934 e.